The molecule has 0 saturated heterocycles. The fraction of sp³-hybridized carbons (Fsp3) is 0.400. The molecule has 4 nitrogen and oxygen atoms in total. The molecule has 1 atom stereocenters. The van der Waals surface area contributed by atoms with E-state index in [0.29, 0.717) is 5.75 Å². The van der Waals surface area contributed by atoms with Crippen molar-refractivity contribution < 1.29 is 9.90 Å². The fourth-order valence-corrected chi connectivity index (χ4v) is 2.05. The maximum Gasteiger partial charge on any atom is 0.322 e. The van der Waals surface area contributed by atoms with Crippen molar-refractivity contribution in [3.63, 3.8) is 0 Å². The smallest absolute Gasteiger partial charge is 0.322 e. The van der Waals surface area contributed by atoms with Crippen molar-refractivity contribution in [3.8, 4) is 0 Å². The number of hydrogen-bond donors (Lipinski definition) is 1. The van der Waals surface area contributed by atoms with Crippen molar-refractivity contribution >= 4 is 40.7 Å². The summed E-state index contributed by atoms with van der Waals surface area (Å²) in [4.78, 5) is 10.3. The summed E-state index contributed by atoms with van der Waals surface area (Å²) in [6, 6.07) is 0. The Balaban J connectivity index is 2.31. The normalized spacial score (nSPS) is 12.8. The van der Waals surface area contributed by atoms with Crippen LogP contribution in [-0.4, -0.2) is 32.4 Å². The molecule has 0 saturated carbocycles. The Labute approximate surface area is 82.0 Å². The third-order valence-corrected chi connectivity index (χ3v) is 3.44. The number of hydrogen-bond acceptors (Lipinski definition) is 5. The standard InChI is InChI=1S/C5H5ClN2O2S2/c6-3(4(9)10)1-11-5-8-7-2-12-5/h2-3H,1H2,(H,9,10). The van der Waals surface area contributed by atoms with Gasteiger partial charge in [0.05, 0.1) is 0 Å². The average molecular weight is 225 g/mol. The van der Waals surface area contributed by atoms with E-state index in [2.05, 4.69) is 10.2 Å². The maximum atomic E-state index is 10.3. The fourth-order valence-electron chi connectivity index (χ4n) is 0.442. The van der Waals surface area contributed by atoms with Crippen molar-refractivity contribution in [3.05, 3.63) is 5.51 Å². The summed E-state index contributed by atoms with van der Waals surface area (Å²) in [5, 5.41) is 14.9. The van der Waals surface area contributed by atoms with Gasteiger partial charge in [0.2, 0.25) is 0 Å². The van der Waals surface area contributed by atoms with E-state index in [4.69, 9.17) is 16.7 Å². The molecule has 1 unspecified atom stereocenters. The molecule has 1 aromatic rings. The van der Waals surface area contributed by atoms with Gasteiger partial charge in [0, 0.05) is 5.75 Å². The predicted octanol–water partition coefficient (Wildman–Crippen LogP) is 1.32. The van der Waals surface area contributed by atoms with Crippen molar-refractivity contribution in [1.29, 1.82) is 0 Å². The summed E-state index contributed by atoms with van der Waals surface area (Å²) in [7, 11) is 0. The molecule has 7 heteroatoms. The summed E-state index contributed by atoms with van der Waals surface area (Å²) >= 11 is 8.13. The van der Waals surface area contributed by atoms with Crippen LogP contribution in [0.5, 0.6) is 0 Å². The molecule has 0 amide bonds. The number of rotatable bonds is 4. The van der Waals surface area contributed by atoms with Crippen LogP contribution >= 0.6 is 34.7 Å². The molecule has 1 rings (SSSR count). The second-order valence-electron chi connectivity index (χ2n) is 1.82. The molecular weight excluding hydrogens is 220 g/mol. The zero-order valence-electron chi connectivity index (χ0n) is 5.81. The van der Waals surface area contributed by atoms with E-state index in [-0.39, 0.29) is 0 Å². The highest BCUT2D eigenvalue weighted by Crippen LogP contribution is 2.21. The van der Waals surface area contributed by atoms with Crippen LogP contribution in [-0.2, 0) is 4.79 Å². The SMILES string of the molecule is O=C(O)C(Cl)CSc1nncs1. The van der Waals surface area contributed by atoms with E-state index in [1.54, 1.807) is 5.51 Å². The van der Waals surface area contributed by atoms with Gasteiger partial charge in [0.1, 0.15) is 10.9 Å². The first kappa shape index (κ1) is 9.76. The Morgan fingerprint density at radius 2 is 2.67 bits per heavy atom. The molecule has 66 valence electrons. The van der Waals surface area contributed by atoms with Gasteiger partial charge in [-0.1, -0.05) is 23.1 Å². The Hall–Kier alpha value is -0.330. The molecule has 0 aromatic carbocycles. The Kier molecular flexibility index (Phi) is 3.77. The number of carboxylic acids is 1. The van der Waals surface area contributed by atoms with Gasteiger partial charge in [-0.15, -0.1) is 21.8 Å². The van der Waals surface area contributed by atoms with E-state index < -0.39 is 11.3 Å². The maximum absolute atomic E-state index is 10.3. The Morgan fingerprint density at radius 3 is 3.17 bits per heavy atom. The monoisotopic (exact) mass is 224 g/mol. The number of nitrogens with zero attached hydrogens (tertiary/aromatic N) is 2. The first-order valence-electron chi connectivity index (χ1n) is 2.96. The van der Waals surface area contributed by atoms with Crippen LogP contribution < -0.4 is 0 Å². The van der Waals surface area contributed by atoms with Crippen LogP contribution in [0.2, 0.25) is 0 Å². The van der Waals surface area contributed by atoms with Crippen LogP contribution in [0.3, 0.4) is 0 Å². The van der Waals surface area contributed by atoms with Gasteiger partial charge in [-0.3, -0.25) is 4.79 Å². The lowest BCUT2D eigenvalue weighted by molar-refractivity contribution is -0.136. The largest absolute Gasteiger partial charge is 0.480 e. The molecule has 1 N–H and O–H groups in total. The highest BCUT2D eigenvalue weighted by Gasteiger charge is 2.14. The highest BCUT2D eigenvalue weighted by molar-refractivity contribution is 8.01. The van der Waals surface area contributed by atoms with Gasteiger partial charge < -0.3 is 5.11 Å². The predicted molar refractivity (Wildman–Crippen MR) is 47.9 cm³/mol. The molecule has 0 fully saturated rings. The van der Waals surface area contributed by atoms with Gasteiger partial charge in [0.15, 0.2) is 4.34 Å². The zero-order valence-corrected chi connectivity index (χ0v) is 8.20. The van der Waals surface area contributed by atoms with E-state index >= 15 is 0 Å². The molecule has 0 aliphatic rings. The Morgan fingerprint density at radius 1 is 1.92 bits per heavy atom. The average Bonchev–Trinajstić information content (AvgIpc) is 2.51. The lowest BCUT2D eigenvalue weighted by Gasteiger charge is -1.99. The van der Waals surface area contributed by atoms with Crippen molar-refractivity contribution in [2.75, 3.05) is 5.75 Å². The van der Waals surface area contributed by atoms with E-state index in [1.165, 1.54) is 23.1 Å². The number of aliphatic carboxylic acids is 1. The van der Waals surface area contributed by atoms with Crippen LogP contribution in [0.4, 0.5) is 0 Å². The number of carboxylic acid groups (broad SMARTS) is 1. The second-order valence-corrected chi connectivity index (χ2v) is 4.45. The number of halogens is 1. The minimum atomic E-state index is -1.01. The van der Waals surface area contributed by atoms with Crippen LogP contribution in [0, 0.1) is 0 Å². The number of thioether (sulfide) groups is 1. The number of carbonyl (C=O) groups is 1. The molecule has 12 heavy (non-hydrogen) atoms. The molecule has 0 aliphatic carbocycles. The molecular formula is C5H5ClN2O2S2. The van der Waals surface area contributed by atoms with E-state index in [0.717, 1.165) is 4.34 Å². The first-order valence-corrected chi connectivity index (χ1v) is 5.26. The lowest BCUT2D eigenvalue weighted by atomic mass is 10.5. The molecule has 0 spiro atoms. The molecule has 1 aromatic heterocycles. The quantitative estimate of drug-likeness (QED) is 0.618. The van der Waals surface area contributed by atoms with E-state index in [9.17, 15) is 4.79 Å². The second kappa shape index (κ2) is 4.64. The summed E-state index contributed by atoms with van der Waals surface area (Å²) < 4.78 is 0.738. The highest BCUT2D eigenvalue weighted by atomic mass is 35.5. The molecule has 0 aliphatic heterocycles. The van der Waals surface area contributed by atoms with Crippen molar-refractivity contribution in [1.82, 2.24) is 10.2 Å². The minimum Gasteiger partial charge on any atom is -0.480 e. The lowest BCUT2D eigenvalue weighted by Crippen LogP contribution is -2.15. The zero-order chi connectivity index (χ0) is 8.97. The molecule has 1 heterocycles. The summed E-state index contributed by atoms with van der Waals surface area (Å²) in [6.07, 6.45) is 0. The molecule has 0 radical (unpaired) electrons. The van der Waals surface area contributed by atoms with Crippen molar-refractivity contribution in [2.24, 2.45) is 0 Å². The number of aromatic nitrogens is 2. The summed E-state index contributed by atoms with van der Waals surface area (Å²) in [6.45, 7) is 0. The van der Waals surface area contributed by atoms with Crippen LogP contribution in [0.25, 0.3) is 0 Å². The molecule has 0 bridgehead atoms. The van der Waals surface area contributed by atoms with Gasteiger partial charge in [-0.2, -0.15) is 0 Å². The van der Waals surface area contributed by atoms with Gasteiger partial charge in [0.25, 0.3) is 0 Å². The third kappa shape index (κ3) is 2.96. The van der Waals surface area contributed by atoms with E-state index in [1.807, 2.05) is 0 Å². The summed E-state index contributed by atoms with van der Waals surface area (Å²) in [5.41, 5.74) is 1.59. The minimum absolute atomic E-state index is 0.312. The Bertz CT molecular complexity index is 254. The van der Waals surface area contributed by atoms with Crippen LogP contribution in [0.1, 0.15) is 0 Å². The third-order valence-electron chi connectivity index (χ3n) is 0.961. The van der Waals surface area contributed by atoms with Gasteiger partial charge in [-0.05, 0) is 0 Å². The van der Waals surface area contributed by atoms with Gasteiger partial charge in [-0.25, -0.2) is 0 Å². The number of alkyl halides is 1. The van der Waals surface area contributed by atoms with Gasteiger partial charge >= 0.3 is 5.97 Å². The van der Waals surface area contributed by atoms with Crippen molar-refractivity contribution in [2.45, 2.75) is 9.72 Å². The first-order chi connectivity index (χ1) is 5.70. The summed E-state index contributed by atoms with van der Waals surface area (Å²) in [5.74, 6) is -0.694. The van der Waals surface area contributed by atoms with Crippen LogP contribution in [0.15, 0.2) is 9.85 Å². The topological polar surface area (TPSA) is 63.1 Å².